The van der Waals surface area contributed by atoms with Crippen LogP contribution in [0.25, 0.3) is 0 Å². The molecule has 0 aromatic carbocycles. The number of aliphatic carboxylic acids is 1. The zero-order chi connectivity index (χ0) is 46.0. The number of carbonyl (C=O) groups is 3. The van der Waals surface area contributed by atoms with Crippen molar-refractivity contribution >= 4 is 17.9 Å². The fourth-order valence-electron chi connectivity index (χ4n) is 8.23. The fourth-order valence-corrected chi connectivity index (χ4v) is 8.23. The number of carboxylic acid groups (broad SMARTS) is 1. The lowest BCUT2D eigenvalue weighted by atomic mass is 9.99. The molecule has 1 saturated heterocycles. The predicted molar refractivity (Wildman–Crippen MR) is 252 cm³/mol. The van der Waals surface area contributed by atoms with Crippen molar-refractivity contribution in [2.75, 3.05) is 13.2 Å². The molecule has 4 N–H and O–H groups in total. The molecule has 1 aliphatic heterocycles. The summed E-state index contributed by atoms with van der Waals surface area (Å²) < 4.78 is 21.8. The minimum Gasteiger partial charge on any atom is -0.479 e. The highest BCUT2D eigenvalue weighted by molar-refractivity contribution is 5.73. The summed E-state index contributed by atoms with van der Waals surface area (Å²) in [6.07, 6.45) is 38.4. The molecule has 1 rings (SSSR count). The predicted octanol–water partition coefficient (Wildman–Crippen LogP) is 12.4. The number of unbranched alkanes of at least 4 members (excludes halogenated alkanes) is 32. The Morgan fingerprint density at radius 2 is 0.841 bits per heavy atom. The lowest BCUT2D eigenvalue weighted by Crippen LogP contribution is -2.60. The summed E-state index contributed by atoms with van der Waals surface area (Å²) in [7, 11) is 0. The van der Waals surface area contributed by atoms with E-state index >= 15 is 0 Å². The number of aliphatic hydroxyl groups excluding tert-OH is 3. The van der Waals surface area contributed by atoms with Gasteiger partial charge >= 0.3 is 17.9 Å². The molecular formula is C52H96O11. The van der Waals surface area contributed by atoms with Crippen LogP contribution in [0.1, 0.15) is 251 Å². The van der Waals surface area contributed by atoms with Crippen LogP contribution < -0.4 is 0 Å². The van der Waals surface area contributed by atoms with Crippen LogP contribution in [0.3, 0.4) is 0 Å². The maximum atomic E-state index is 12.8. The molecule has 0 aromatic heterocycles. The van der Waals surface area contributed by atoms with Gasteiger partial charge in [0, 0.05) is 12.8 Å². The molecule has 0 spiro atoms. The molecule has 11 nitrogen and oxygen atoms in total. The van der Waals surface area contributed by atoms with Crippen molar-refractivity contribution in [3.8, 4) is 0 Å². The van der Waals surface area contributed by atoms with Gasteiger partial charge in [-0.1, -0.05) is 212 Å². The largest absolute Gasteiger partial charge is 0.479 e. The van der Waals surface area contributed by atoms with E-state index in [1.165, 1.54) is 154 Å². The molecule has 0 saturated carbocycles. The smallest absolute Gasteiger partial charge is 0.335 e. The summed E-state index contributed by atoms with van der Waals surface area (Å²) in [5.74, 6) is -2.43. The third kappa shape index (κ3) is 34.0. The number of carbonyl (C=O) groups excluding carboxylic acids is 2. The van der Waals surface area contributed by atoms with E-state index in [4.69, 9.17) is 18.9 Å². The number of carboxylic acids is 1. The van der Waals surface area contributed by atoms with E-state index < -0.39 is 54.7 Å². The fraction of sp³-hybridized carbons (Fsp3) is 0.904. The lowest BCUT2D eigenvalue weighted by molar-refractivity contribution is -0.298. The van der Waals surface area contributed by atoms with Gasteiger partial charge in [-0.2, -0.15) is 0 Å². The van der Waals surface area contributed by atoms with Crippen LogP contribution in [0, 0.1) is 0 Å². The molecular weight excluding hydrogens is 801 g/mol. The number of hydrogen-bond donors (Lipinski definition) is 4. The molecule has 63 heavy (non-hydrogen) atoms. The summed E-state index contributed by atoms with van der Waals surface area (Å²) in [5.41, 5.74) is 0. The number of esters is 2. The van der Waals surface area contributed by atoms with Gasteiger partial charge in [0.15, 0.2) is 18.5 Å². The van der Waals surface area contributed by atoms with Crippen molar-refractivity contribution in [2.45, 2.75) is 288 Å². The van der Waals surface area contributed by atoms with Crippen molar-refractivity contribution < 1.29 is 53.8 Å². The topological polar surface area (TPSA) is 169 Å². The number of rotatable bonds is 45. The Labute approximate surface area is 384 Å². The quantitative estimate of drug-likeness (QED) is 0.0261. The molecule has 6 atom stereocenters. The standard InChI is InChI=1S/C52H96O11/c1-3-5-7-9-11-13-15-17-19-20-21-22-23-24-25-27-29-31-33-35-37-39-41-46(54)62-44(43-61-52-49(57)47(55)48(56)50(63-52)51(58)59)42-60-45(53)40-38-36-34-32-30-28-26-18-16-14-12-10-8-6-4-2/h18,26,44,47-50,52,55-57H,3-17,19-25,27-43H2,1-2H3,(H,58,59)/b26-18-. The second kappa shape index (κ2) is 42.6. The number of aliphatic hydroxyl groups is 3. The van der Waals surface area contributed by atoms with E-state index in [0.29, 0.717) is 12.8 Å². The summed E-state index contributed by atoms with van der Waals surface area (Å²) in [4.78, 5) is 37.0. The van der Waals surface area contributed by atoms with Crippen LogP contribution in [0.15, 0.2) is 12.2 Å². The second-order valence-corrected chi connectivity index (χ2v) is 18.4. The van der Waals surface area contributed by atoms with Gasteiger partial charge in [-0.3, -0.25) is 9.59 Å². The van der Waals surface area contributed by atoms with Gasteiger partial charge < -0.3 is 39.4 Å². The molecule has 1 aliphatic rings. The molecule has 0 aliphatic carbocycles. The Hall–Kier alpha value is -2.05. The molecule has 1 heterocycles. The molecule has 1 fully saturated rings. The number of allylic oxidation sites excluding steroid dienone is 2. The van der Waals surface area contributed by atoms with Crippen molar-refractivity contribution in [3.63, 3.8) is 0 Å². The van der Waals surface area contributed by atoms with Gasteiger partial charge in [-0.05, 0) is 38.5 Å². The highest BCUT2D eigenvalue weighted by atomic mass is 16.7. The van der Waals surface area contributed by atoms with Crippen LogP contribution >= 0.6 is 0 Å². The molecule has 0 radical (unpaired) electrons. The van der Waals surface area contributed by atoms with Crippen molar-refractivity contribution in [2.24, 2.45) is 0 Å². The molecule has 370 valence electrons. The third-order valence-corrected chi connectivity index (χ3v) is 12.4. The molecule has 0 amide bonds. The van der Waals surface area contributed by atoms with E-state index in [-0.39, 0.29) is 26.1 Å². The first-order valence-electron chi connectivity index (χ1n) is 26.2. The zero-order valence-electron chi connectivity index (χ0n) is 40.3. The van der Waals surface area contributed by atoms with Gasteiger partial charge in [0.05, 0.1) is 6.61 Å². The van der Waals surface area contributed by atoms with E-state index in [0.717, 1.165) is 57.8 Å². The van der Waals surface area contributed by atoms with Crippen molar-refractivity contribution in [3.05, 3.63) is 12.2 Å². The maximum Gasteiger partial charge on any atom is 0.335 e. The highest BCUT2D eigenvalue weighted by Crippen LogP contribution is 2.23. The van der Waals surface area contributed by atoms with Crippen LogP contribution in [-0.4, -0.2) is 88.4 Å². The van der Waals surface area contributed by atoms with E-state index in [2.05, 4.69) is 26.0 Å². The summed E-state index contributed by atoms with van der Waals surface area (Å²) in [6.45, 7) is 3.84. The van der Waals surface area contributed by atoms with Gasteiger partial charge in [0.2, 0.25) is 0 Å². The first-order valence-corrected chi connectivity index (χ1v) is 26.2. The third-order valence-electron chi connectivity index (χ3n) is 12.4. The summed E-state index contributed by atoms with van der Waals surface area (Å²) in [5, 5.41) is 39.9. The van der Waals surface area contributed by atoms with Gasteiger partial charge in [-0.25, -0.2) is 4.79 Å². The Balaban J connectivity index is 2.27. The molecule has 0 bridgehead atoms. The Bertz CT molecular complexity index is 1100. The zero-order valence-corrected chi connectivity index (χ0v) is 40.3. The summed E-state index contributed by atoms with van der Waals surface area (Å²) in [6, 6.07) is 0. The minimum atomic E-state index is -1.86. The highest BCUT2D eigenvalue weighted by Gasteiger charge is 2.47. The van der Waals surface area contributed by atoms with Crippen molar-refractivity contribution in [1.82, 2.24) is 0 Å². The maximum absolute atomic E-state index is 12.8. The first-order chi connectivity index (χ1) is 30.7. The van der Waals surface area contributed by atoms with E-state index in [9.17, 15) is 34.8 Å². The Morgan fingerprint density at radius 3 is 1.24 bits per heavy atom. The average molecular weight is 897 g/mol. The Morgan fingerprint density at radius 1 is 0.476 bits per heavy atom. The van der Waals surface area contributed by atoms with Crippen LogP contribution in [0.4, 0.5) is 0 Å². The second-order valence-electron chi connectivity index (χ2n) is 18.4. The monoisotopic (exact) mass is 897 g/mol. The molecule has 0 aromatic rings. The van der Waals surface area contributed by atoms with Crippen LogP contribution in [0.5, 0.6) is 0 Å². The van der Waals surface area contributed by atoms with E-state index in [1.54, 1.807) is 0 Å². The van der Waals surface area contributed by atoms with Crippen LogP contribution in [-0.2, 0) is 33.3 Å². The molecule has 11 heteroatoms. The Kier molecular flexibility index (Phi) is 39.9. The normalized spacial score (nSPS) is 19.4. The van der Waals surface area contributed by atoms with Gasteiger partial charge in [0.25, 0.3) is 0 Å². The number of ether oxygens (including phenoxy) is 4. The van der Waals surface area contributed by atoms with E-state index in [1.807, 2.05) is 0 Å². The van der Waals surface area contributed by atoms with Crippen molar-refractivity contribution in [1.29, 1.82) is 0 Å². The SMILES string of the molecule is CCCCCCCC/C=C\CCCCCCCC(=O)OCC(COC1OC(C(=O)O)C(O)C(O)C1O)OC(=O)CCCCCCCCCCCCCCCCCCCCCCCC. The molecule has 6 unspecified atom stereocenters. The first kappa shape index (κ1) is 59.0. The van der Waals surface area contributed by atoms with Gasteiger partial charge in [0.1, 0.15) is 24.9 Å². The average Bonchev–Trinajstić information content (AvgIpc) is 3.27. The van der Waals surface area contributed by atoms with Gasteiger partial charge in [-0.15, -0.1) is 0 Å². The lowest BCUT2D eigenvalue weighted by Gasteiger charge is -2.38. The number of hydrogen-bond acceptors (Lipinski definition) is 10. The summed E-state index contributed by atoms with van der Waals surface area (Å²) >= 11 is 0. The van der Waals surface area contributed by atoms with Crippen LogP contribution in [0.2, 0.25) is 0 Å². The minimum absolute atomic E-state index is 0.188.